The van der Waals surface area contributed by atoms with Crippen LogP contribution in [0.1, 0.15) is 10.4 Å². The number of aryl methyl sites for hydroxylation is 2. The molecule has 0 unspecified atom stereocenters. The average Bonchev–Trinajstić information content (AvgIpc) is 3.46. The number of rotatable bonds is 8. The minimum absolute atomic E-state index is 0.133. The lowest BCUT2D eigenvalue weighted by Gasteiger charge is -2.45. The Morgan fingerprint density at radius 1 is 0.975 bits per heavy atom. The lowest BCUT2D eigenvalue weighted by Crippen LogP contribution is -2.67. The molecule has 1 fully saturated rings. The zero-order valence-electron chi connectivity index (χ0n) is 21.9. The van der Waals surface area contributed by atoms with Crippen LogP contribution < -0.4 is 14.2 Å². The van der Waals surface area contributed by atoms with Crippen LogP contribution in [0.25, 0.3) is 33.3 Å². The van der Waals surface area contributed by atoms with Crippen LogP contribution >= 0.6 is 0 Å². The molecule has 1 N–H and O–H groups in total. The normalized spacial score (nSPS) is 14.6. The third-order valence-electron chi connectivity index (χ3n) is 6.77. The molecule has 14 heteroatoms. The second-order valence-corrected chi connectivity index (χ2v) is 9.44. The van der Waals surface area contributed by atoms with Crippen molar-refractivity contribution in [3.8, 4) is 39.6 Å². The van der Waals surface area contributed by atoms with E-state index in [1.807, 2.05) is 12.3 Å². The highest BCUT2D eigenvalue weighted by atomic mass is 19.3. The molecule has 4 aromatic rings. The molecule has 0 aliphatic carbocycles. The zero-order chi connectivity index (χ0) is 28.9. The zero-order valence-corrected chi connectivity index (χ0v) is 21.9. The van der Waals surface area contributed by atoms with Crippen molar-refractivity contribution < 1.29 is 41.7 Å². The van der Waals surface area contributed by atoms with Crippen molar-refractivity contribution in [1.29, 1.82) is 0 Å². The quantitative estimate of drug-likeness (QED) is 0.326. The smallest absolute Gasteiger partial charge is 0.387 e. The second kappa shape index (κ2) is 10.0. The molecular weight excluding hydrogens is 538 g/mol. The number of hydrogen-bond acceptors (Lipinski definition) is 7. The van der Waals surface area contributed by atoms with E-state index in [2.05, 4.69) is 10.2 Å². The van der Waals surface area contributed by atoms with Crippen molar-refractivity contribution in [1.82, 2.24) is 24.5 Å². The molecule has 2 aromatic heterocycles. The molecule has 1 amide bonds. The van der Waals surface area contributed by atoms with Crippen LogP contribution in [0.15, 0.2) is 36.7 Å². The third-order valence-corrected chi connectivity index (χ3v) is 6.77. The fourth-order valence-electron chi connectivity index (χ4n) is 4.86. The van der Waals surface area contributed by atoms with E-state index in [0.717, 1.165) is 16.0 Å². The lowest BCUT2D eigenvalue weighted by atomic mass is 9.93. The number of β-amino-alcohol motifs (C(OH)–C–C–N with tert-alkyl or cyclic N) is 1. The van der Waals surface area contributed by atoms with E-state index in [1.54, 1.807) is 31.0 Å². The maximum Gasteiger partial charge on any atom is 0.387 e. The summed E-state index contributed by atoms with van der Waals surface area (Å²) in [5.41, 5.74) is 0.174. The molecule has 212 valence electrons. The number of carbonyl (C=O) groups is 1. The summed E-state index contributed by atoms with van der Waals surface area (Å²) in [6.45, 7) is -4.66. The Balaban J connectivity index is 1.64. The van der Waals surface area contributed by atoms with E-state index >= 15 is 0 Å². The van der Waals surface area contributed by atoms with E-state index in [0.29, 0.717) is 27.9 Å². The van der Waals surface area contributed by atoms with Crippen molar-refractivity contribution in [2.45, 2.75) is 18.6 Å². The highest BCUT2D eigenvalue weighted by Gasteiger charge is 2.51. The summed E-state index contributed by atoms with van der Waals surface area (Å²) in [5, 5.41) is 19.2. The van der Waals surface area contributed by atoms with Gasteiger partial charge in [-0.15, -0.1) is 0 Å². The predicted molar refractivity (Wildman–Crippen MR) is 135 cm³/mol. The first-order valence-electron chi connectivity index (χ1n) is 12.0. The molecule has 1 saturated heterocycles. The Morgan fingerprint density at radius 2 is 1.62 bits per heavy atom. The van der Waals surface area contributed by atoms with Gasteiger partial charge in [0.2, 0.25) is 0 Å². The van der Waals surface area contributed by atoms with E-state index in [1.165, 1.54) is 31.0 Å². The largest absolute Gasteiger partial charge is 0.496 e. The molecule has 3 heterocycles. The van der Waals surface area contributed by atoms with Crippen LogP contribution in [0.5, 0.6) is 17.2 Å². The number of likely N-dealkylation sites (tertiary alicyclic amines) is 1. The summed E-state index contributed by atoms with van der Waals surface area (Å²) in [7, 11) is 6.17. The summed E-state index contributed by atoms with van der Waals surface area (Å²) >= 11 is 0. The molecule has 0 radical (unpaired) electrons. The van der Waals surface area contributed by atoms with Gasteiger partial charge in [0, 0.05) is 31.4 Å². The summed E-state index contributed by atoms with van der Waals surface area (Å²) in [4.78, 5) is 14.1. The fourth-order valence-corrected chi connectivity index (χ4v) is 4.86. The monoisotopic (exact) mass is 563 g/mol. The molecule has 0 spiro atoms. The van der Waals surface area contributed by atoms with Gasteiger partial charge in [-0.1, -0.05) is 0 Å². The fraction of sp³-hybridized carbons (Fsp3) is 0.346. The molecule has 0 bridgehead atoms. The second-order valence-electron chi connectivity index (χ2n) is 9.44. The van der Waals surface area contributed by atoms with Crippen LogP contribution in [0.3, 0.4) is 0 Å². The molecule has 0 saturated carbocycles. The van der Waals surface area contributed by atoms with Crippen molar-refractivity contribution in [2.24, 2.45) is 14.1 Å². The van der Waals surface area contributed by atoms with Gasteiger partial charge in [0.25, 0.3) is 12.3 Å². The Kier molecular flexibility index (Phi) is 6.82. The number of methoxy groups -OCH3 is 2. The molecule has 0 atom stereocenters. The van der Waals surface area contributed by atoms with Gasteiger partial charge in [-0.05, 0) is 29.8 Å². The Labute approximate surface area is 225 Å². The van der Waals surface area contributed by atoms with Gasteiger partial charge in [0.15, 0.2) is 5.60 Å². The van der Waals surface area contributed by atoms with Gasteiger partial charge in [-0.2, -0.15) is 19.0 Å². The predicted octanol–water partition coefficient (Wildman–Crippen LogP) is 3.71. The molecule has 1 aliphatic heterocycles. The van der Waals surface area contributed by atoms with Gasteiger partial charge >= 0.3 is 6.61 Å². The first kappa shape index (κ1) is 27.2. The van der Waals surface area contributed by atoms with Crippen molar-refractivity contribution in [3.63, 3.8) is 0 Å². The van der Waals surface area contributed by atoms with Gasteiger partial charge in [-0.25, -0.2) is 8.78 Å². The third kappa shape index (κ3) is 4.57. The Bertz CT molecular complexity index is 1600. The van der Waals surface area contributed by atoms with Crippen molar-refractivity contribution in [2.75, 3.05) is 27.3 Å². The summed E-state index contributed by atoms with van der Waals surface area (Å²) in [6, 6.07) is 6.30. The van der Waals surface area contributed by atoms with Crippen LogP contribution in [-0.2, 0) is 14.1 Å². The maximum absolute atomic E-state index is 13.5. The number of alkyl halides is 4. The minimum atomic E-state index is -3.30. The molecule has 5 rings (SSSR count). The van der Waals surface area contributed by atoms with E-state index in [9.17, 15) is 27.5 Å². The number of amides is 1. The van der Waals surface area contributed by atoms with E-state index < -0.39 is 43.4 Å². The highest BCUT2D eigenvalue weighted by Crippen LogP contribution is 2.43. The van der Waals surface area contributed by atoms with Crippen molar-refractivity contribution in [3.05, 3.63) is 42.2 Å². The topological polar surface area (TPSA) is 104 Å². The number of aliphatic hydroxyl groups is 1. The van der Waals surface area contributed by atoms with Gasteiger partial charge in [0.05, 0.1) is 50.1 Å². The number of nitrogens with zero attached hydrogens (tertiary/aromatic N) is 5. The summed E-state index contributed by atoms with van der Waals surface area (Å²) in [5.74, 6) is -1.12. The van der Waals surface area contributed by atoms with Crippen LogP contribution in [0, 0.1) is 0 Å². The number of benzene rings is 2. The highest BCUT2D eigenvalue weighted by molar-refractivity contribution is 6.04. The number of ether oxygens (including phenoxy) is 3. The summed E-state index contributed by atoms with van der Waals surface area (Å²) in [6.07, 6.45) is 0.447. The van der Waals surface area contributed by atoms with Gasteiger partial charge < -0.3 is 24.2 Å². The molecule has 1 aliphatic rings. The molecule has 10 nitrogen and oxygen atoms in total. The molecular formula is C26H25F4N5O5. The first-order valence-corrected chi connectivity index (χ1v) is 12.0. The molecule has 40 heavy (non-hydrogen) atoms. The lowest BCUT2D eigenvalue weighted by molar-refractivity contribution is -0.166. The molecule has 2 aromatic carbocycles. The van der Waals surface area contributed by atoms with E-state index in [-0.39, 0.29) is 11.3 Å². The Morgan fingerprint density at radius 3 is 2.20 bits per heavy atom. The maximum atomic E-state index is 13.5. The number of hydrogen-bond donors (Lipinski definition) is 1. The number of halogens is 4. The minimum Gasteiger partial charge on any atom is -0.496 e. The SMILES string of the molecule is COc1cc(-c2c3c(OC)cc(-c4cnn(C)c4)cc3nn2C)cc(OC(F)F)c1C(=O)N1CC(O)(C(F)F)C1. The van der Waals surface area contributed by atoms with Gasteiger partial charge in [-0.3, -0.25) is 14.2 Å². The van der Waals surface area contributed by atoms with Crippen molar-refractivity contribution >= 4 is 16.8 Å². The Hall–Kier alpha value is -4.33. The van der Waals surface area contributed by atoms with E-state index in [4.69, 9.17) is 14.2 Å². The number of carbonyl (C=O) groups excluding carboxylic acids is 1. The average molecular weight is 564 g/mol. The number of fused-ring (bicyclic) bond motifs is 1. The first-order chi connectivity index (χ1) is 18.9. The standard InChI is InChI=1S/C26H25F4N5O5/c1-33-10-15(9-31-33)13-5-16-20(17(6-13)38-3)22(34(2)32-16)14-7-18(39-4)21(19(8-14)40-25(29)30)23(36)35-11-26(37,12-35)24(27)28/h5-10,24-25,37H,11-12H2,1-4H3. The summed E-state index contributed by atoms with van der Waals surface area (Å²) < 4.78 is 72.1. The van der Waals surface area contributed by atoms with Crippen LogP contribution in [0.2, 0.25) is 0 Å². The van der Waals surface area contributed by atoms with Crippen LogP contribution in [-0.4, -0.2) is 81.4 Å². The van der Waals surface area contributed by atoms with Gasteiger partial charge in [0.1, 0.15) is 22.8 Å². The number of aromatic nitrogens is 4. The van der Waals surface area contributed by atoms with Crippen LogP contribution in [0.4, 0.5) is 17.6 Å².